The van der Waals surface area contributed by atoms with Crippen LogP contribution in [0, 0.1) is 17.2 Å². The summed E-state index contributed by atoms with van der Waals surface area (Å²) in [5.74, 6) is 0.722. The molecular formula is C15H24N4O. The van der Waals surface area contributed by atoms with E-state index in [2.05, 4.69) is 21.6 Å². The van der Waals surface area contributed by atoms with Crippen LogP contribution >= 0.6 is 0 Å². The molecule has 0 radical (unpaired) electrons. The van der Waals surface area contributed by atoms with E-state index in [1.165, 1.54) is 12.8 Å². The van der Waals surface area contributed by atoms with Gasteiger partial charge in [-0.1, -0.05) is 0 Å². The van der Waals surface area contributed by atoms with Gasteiger partial charge in [-0.25, -0.2) is 0 Å². The van der Waals surface area contributed by atoms with Crippen molar-refractivity contribution in [3.8, 4) is 6.07 Å². The molecule has 0 aromatic heterocycles. The summed E-state index contributed by atoms with van der Waals surface area (Å²) in [7, 11) is 0. The van der Waals surface area contributed by atoms with Crippen molar-refractivity contribution in [2.24, 2.45) is 5.92 Å². The Hall–Kier alpha value is -1.12. The Bertz CT molecular complexity index is 397. The van der Waals surface area contributed by atoms with Crippen molar-refractivity contribution in [1.82, 2.24) is 15.5 Å². The molecule has 0 unspecified atom stereocenters. The minimum Gasteiger partial charge on any atom is -0.337 e. The van der Waals surface area contributed by atoms with Gasteiger partial charge in [-0.15, -0.1) is 0 Å². The number of nitrogens with zero attached hydrogens (tertiary/aromatic N) is 2. The van der Waals surface area contributed by atoms with Crippen molar-refractivity contribution in [1.29, 1.82) is 5.26 Å². The van der Waals surface area contributed by atoms with Crippen molar-refractivity contribution in [3.05, 3.63) is 0 Å². The zero-order valence-electron chi connectivity index (χ0n) is 12.0. The monoisotopic (exact) mass is 276 g/mol. The number of amides is 1. The number of piperidine rings is 1. The number of fused-ring (bicyclic) bond motifs is 1. The molecule has 0 aromatic carbocycles. The van der Waals surface area contributed by atoms with Gasteiger partial charge in [0, 0.05) is 19.1 Å². The standard InChI is InChI=1S/C15H24N4O/c16-11-15(5-1-2-6-15)18-14(20)10-19-8-12-4-3-7-17-13(12)9-19/h12-13,17H,1-10H2,(H,18,20)/t12-,13+/m0/s1. The van der Waals surface area contributed by atoms with E-state index in [1.807, 2.05) is 0 Å². The first-order valence-electron chi connectivity index (χ1n) is 7.89. The van der Waals surface area contributed by atoms with Crippen molar-refractivity contribution >= 4 is 5.91 Å². The lowest BCUT2D eigenvalue weighted by Crippen LogP contribution is -2.49. The molecule has 5 nitrogen and oxygen atoms in total. The quantitative estimate of drug-likeness (QED) is 0.793. The van der Waals surface area contributed by atoms with Crippen LogP contribution in [0.2, 0.25) is 0 Å². The van der Waals surface area contributed by atoms with Crippen molar-refractivity contribution < 1.29 is 4.79 Å². The van der Waals surface area contributed by atoms with Gasteiger partial charge in [0.05, 0.1) is 12.6 Å². The Kier molecular flexibility index (Phi) is 3.95. The minimum atomic E-state index is -0.582. The van der Waals surface area contributed by atoms with E-state index >= 15 is 0 Å². The van der Waals surface area contributed by atoms with Gasteiger partial charge in [0.15, 0.2) is 0 Å². The van der Waals surface area contributed by atoms with E-state index < -0.39 is 5.54 Å². The largest absolute Gasteiger partial charge is 0.337 e. The Balaban J connectivity index is 1.51. The molecule has 1 amide bonds. The molecule has 5 heteroatoms. The van der Waals surface area contributed by atoms with E-state index in [0.29, 0.717) is 18.5 Å². The van der Waals surface area contributed by atoms with Crippen LogP contribution in [0.25, 0.3) is 0 Å². The summed E-state index contributed by atoms with van der Waals surface area (Å²) in [4.78, 5) is 14.4. The Morgan fingerprint density at radius 2 is 2.15 bits per heavy atom. The summed E-state index contributed by atoms with van der Waals surface area (Å²) in [6.45, 7) is 3.54. The van der Waals surface area contributed by atoms with Gasteiger partial charge < -0.3 is 10.6 Å². The Morgan fingerprint density at radius 3 is 2.85 bits per heavy atom. The van der Waals surface area contributed by atoms with E-state index in [-0.39, 0.29) is 5.91 Å². The van der Waals surface area contributed by atoms with Crippen LogP contribution in [0.1, 0.15) is 38.5 Å². The van der Waals surface area contributed by atoms with Gasteiger partial charge in [0.25, 0.3) is 0 Å². The predicted molar refractivity (Wildman–Crippen MR) is 75.9 cm³/mol. The fourth-order valence-corrected chi connectivity index (χ4v) is 4.02. The van der Waals surface area contributed by atoms with Crippen LogP contribution in [0.3, 0.4) is 0 Å². The van der Waals surface area contributed by atoms with Gasteiger partial charge >= 0.3 is 0 Å². The van der Waals surface area contributed by atoms with E-state index in [9.17, 15) is 10.1 Å². The van der Waals surface area contributed by atoms with Crippen molar-refractivity contribution in [2.75, 3.05) is 26.2 Å². The first-order valence-corrected chi connectivity index (χ1v) is 7.89. The topological polar surface area (TPSA) is 68.2 Å². The van der Waals surface area contributed by atoms with E-state index in [0.717, 1.165) is 45.3 Å². The maximum atomic E-state index is 12.2. The van der Waals surface area contributed by atoms with Crippen LogP contribution < -0.4 is 10.6 Å². The Morgan fingerprint density at radius 1 is 1.35 bits per heavy atom. The molecule has 2 aliphatic heterocycles. The summed E-state index contributed by atoms with van der Waals surface area (Å²) in [6, 6.07) is 2.88. The second-order valence-corrected chi connectivity index (χ2v) is 6.61. The number of hydrogen-bond acceptors (Lipinski definition) is 4. The first-order chi connectivity index (χ1) is 9.71. The number of hydrogen-bond donors (Lipinski definition) is 2. The molecule has 2 N–H and O–H groups in total. The number of nitrogens with one attached hydrogen (secondary N) is 2. The summed E-state index contributed by atoms with van der Waals surface area (Å²) >= 11 is 0. The van der Waals surface area contributed by atoms with Gasteiger partial charge in [-0.3, -0.25) is 9.69 Å². The lowest BCUT2D eigenvalue weighted by molar-refractivity contribution is -0.123. The van der Waals surface area contributed by atoms with Crippen molar-refractivity contribution in [3.63, 3.8) is 0 Å². The molecule has 3 rings (SSSR count). The van der Waals surface area contributed by atoms with Gasteiger partial charge in [0.1, 0.15) is 5.54 Å². The van der Waals surface area contributed by atoms with Gasteiger partial charge in [-0.05, 0) is 51.0 Å². The second kappa shape index (κ2) is 5.71. The number of likely N-dealkylation sites (tertiary alicyclic amines) is 1. The highest BCUT2D eigenvalue weighted by molar-refractivity contribution is 5.79. The zero-order valence-corrected chi connectivity index (χ0v) is 12.0. The van der Waals surface area contributed by atoms with Gasteiger partial charge in [0.2, 0.25) is 5.91 Å². The highest BCUT2D eigenvalue weighted by atomic mass is 16.2. The first kappa shape index (κ1) is 13.8. The summed E-state index contributed by atoms with van der Waals surface area (Å²) in [6.07, 6.45) is 6.23. The number of nitriles is 1. The molecular weight excluding hydrogens is 252 g/mol. The molecule has 110 valence electrons. The van der Waals surface area contributed by atoms with Crippen LogP contribution in [0.15, 0.2) is 0 Å². The Labute approximate surface area is 120 Å². The molecule has 3 aliphatic rings. The third-order valence-electron chi connectivity index (χ3n) is 5.09. The highest BCUT2D eigenvalue weighted by Crippen LogP contribution is 2.29. The average Bonchev–Trinajstić information content (AvgIpc) is 3.05. The third-order valence-corrected chi connectivity index (χ3v) is 5.09. The maximum Gasteiger partial charge on any atom is 0.235 e. The SMILES string of the molecule is N#CC1(NC(=O)CN2C[C@@H]3CCCN[C@@H]3C2)CCCC1. The lowest BCUT2D eigenvalue weighted by Gasteiger charge is -2.24. The van der Waals surface area contributed by atoms with Crippen LogP contribution in [0.4, 0.5) is 0 Å². The predicted octanol–water partition coefficient (Wildman–Crippen LogP) is 0.623. The molecule has 3 fully saturated rings. The molecule has 2 atom stereocenters. The molecule has 20 heavy (non-hydrogen) atoms. The van der Waals surface area contributed by atoms with Crippen LogP contribution in [0.5, 0.6) is 0 Å². The molecule has 1 aliphatic carbocycles. The summed E-state index contributed by atoms with van der Waals surface area (Å²) < 4.78 is 0. The fourth-order valence-electron chi connectivity index (χ4n) is 4.02. The zero-order chi connectivity index (χ0) is 14.0. The summed E-state index contributed by atoms with van der Waals surface area (Å²) in [5, 5.41) is 15.8. The molecule has 2 heterocycles. The van der Waals surface area contributed by atoms with Crippen LogP contribution in [-0.4, -0.2) is 48.6 Å². The molecule has 2 saturated heterocycles. The maximum absolute atomic E-state index is 12.2. The normalized spacial score (nSPS) is 32.5. The van der Waals surface area contributed by atoms with E-state index in [4.69, 9.17) is 0 Å². The average molecular weight is 276 g/mol. The lowest BCUT2D eigenvalue weighted by atomic mass is 9.94. The molecule has 0 aromatic rings. The highest BCUT2D eigenvalue weighted by Gasteiger charge is 2.38. The third kappa shape index (κ3) is 2.82. The van der Waals surface area contributed by atoms with Gasteiger partial charge in [-0.2, -0.15) is 5.26 Å². The number of carbonyl (C=O) groups is 1. The van der Waals surface area contributed by atoms with Crippen LogP contribution in [-0.2, 0) is 4.79 Å². The minimum absolute atomic E-state index is 0.0205. The molecule has 0 bridgehead atoms. The second-order valence-electron chi connectivity index (χ2n) is 6.61. The smallest absolute Gasteiger partial charge is 0.235 e. The fraction of sp³-hybridized carbons (Fsp3) is 0.867. The number of rotatable bonds is 3. The molecule has 1 saturated carbocycles. The van der Waals surface area contributed by atoms with Crippen molar-refractivity contribution in [2.45, 2.75) is 50.1 Å². The summed E-state index contributed by atoms with van der Waals surface area (Å²) in [5.41, 5.74) is -0.582. The van der Waals surface area contributed by atoms with E-state index in [1.54, 1.807) is 0 Å². The number of carbonyl (C=O) groups excluding carboxylic acids is 1. The molecule has 0 spiro atoms.